The Hall–Kier alpha value is -2.63. The van der Waals surface area contributed by atoms with Gasteiger partial charge in [-0.25, -0.2) is 9.78 Å². The number of nitrogens with two attached hydrogens (primary N) is 1. The molecule has 2 aromatic rings. The molecule has 98 valence electrons. The highest BCUT2D eigenvalue weighted by molar-refractivity contribution is 5.94. The van der Waals surface area contributed by atoms with Gasteiger partial charge in [0.05, 0.1) is 23.5 Å². The van der Waals surface area contributed by atoms with E-state index in [0.717, 1.165) is 5.56 Å². The lowest BCUT2D eigenvalue weighted by Crippen LogP contribution is -2.10. The Morgan fingerprint density at radius 3 is 2.89 bits per heavy atom. The van der Waals surface area contributed by atoms with Crippen molar-refractivity contribution < 1.29 is 9.90 Å². The van der Waals surface area contributed by atoms with E-state index < -0.39 is 5.97 Å². The van der Waals surface area contributed by atoms with E-state index in [1.54, 1.807) is 12.4 Å². The van der Waals surface area contributed by atoms with E-state index in [1.807, 2.05) is 19.1 Å². The third kappa shape index (κ3) is 2.98. The number of nitrogens with zero attached hydrogens (tertiary/aromatic N) is 2. The highest BCUT2D eigenvalue weighted by Gasteiger charge is 2.11. The minimum atomic E-state index is -1.07. The molecule has 2 rings (SSSR count). The molecule has 0 spiro atoms. The van der Waals surface area contributed by atoms with Crippen LogP contribution in [0.5, 0.6) is 0 Å². The summed E-state index contributed by atoms with van der Waals surface area (Å²) in [5.41, 5.74) is 6.72. The first-order valence-electron chi connectivity index (χ1n) is 5.73. The van der Waals surface area contributed by atoms with Crippen molar-refractivity contribution in [1.82, 2.24) is 9.97 Å². The molecule has 0 fully saturated rings. The second-order valence-electron chi connectivity index (χ2n) is 4.11. The molecule has 2 aromatic heterocycles. The summed E-state index contributed by atoms with van der Waals surface area (Å²) in [5, 5.41) is 12.1. The van der Waals surface area contributed by atoms with Crippen LogP contribution in [0, 0.1) is 0 Å². The van der Waals surface area contributed by atoms with E-state index in [2.05, 4.69) is 15.3 Å². The Labute approximate surface area is 110 Å². The fraction of sp³-hybridized carbons (Fsp3) is 0.154. The van der Waals surface area contributed by atoms with Gasteiger partial charge in [0.15, 0.2) is 0 Å². The number of nitrogens with one attached hydrogen (secondary N) is 1. The predicted octanol–water partition coefficient (Wildman–Crippen LogP) is 1.93. The summed E-state index contributed by atoms with van der Waals surface area (Å²) in [5.74, 6) is -0.611. The summed E-state index contributed by atoms with van der Waals surface area (Å²) in [6.45, 7) is 1.94. The Morgan fingerprint density at radius 2 is 2.26 bits per heavy atom. The van der Waals surface area contributed by atoms with Crippen molar-refractivity contribution in [1.29, 1.82) is 0 Å². The Morgan fingerprint density at radius 1 is 1.47 bits per heavy atom. The molecule has 4 N–H and O–H groups in total. The quantitative estimate of drug-likeness (QED) is 0.774. The topological polar surface area (TPSA) is 101 Å². The Kier molecular flexibility index (Phi) is 3.61. The first kappa shape index (κ1) is 12.8. The summed E-state index contributed by atoms with van der Waals surface area (Å²) in [4.78, 5) is 19.1. The van der Waals surface area contributed by atoms with E-state index in [4.69, 9.17) is 10.8 Å². The van der Waals surface area contributed by atoms with Crippen molar-refractivity contribution in [3.63, 3.8) is 0 Å². The highest BCUT2D eigenvalue weighted by Crippen LogP contribution is 2.20. The van der Waals surface area contributed by atoms with E-state index in [1.165, 1.54) is 12.3 Å². The number of anilines is 2. The molecule has 0 radical (unpaired) electrons. The van der Waals surface area contributed by atoms with Gasteiger partial charge >= 0.3 is 5.97 Å². The summed E-state index contributed by atoms with van der Waals surface area (Å²) >= 11 is 0. The third-order valence-electron chi connectivity index (χ3n) is 2.71. The number of pyridine rings is 2. The largest absolute Gasteiger partial charge is 0.478 e. The minimum Gasteiger partial charge on any atom is -0.478 e. The molecule has 0 saturated heterocycles. The fourth-order valence-electron chi connectivity index (χ4n) is 1.67. The van der Waals surface area contributed by atoms with Gasteiger partial charge in [-0.1, -0.05) is 6.07 Å². The molecule has 0 amide bonds. The highest BCUT2D eigenvalue weighted by atomic mass is 16.4. The van der Waals surface area contributed by atoms with E-state index in [9.17, 15) is 4.79 Å². The van der Waals surface area contributed by atoms with Gasteiger partial charge in [0.2, 0.25) is 0 Å². The standard InChI is InChI=1S/C13H14N4O2/c1-8(9-3-2-4-15-6-9)17-12-5-10(13(18)19)11(14)7-16-12/h2-8H,14H2,1H3,(H,16,17)(H,18,19). The van der Waals surface area contributed by atoms with Crippen molar-refractivity contribution >= 4 is 17.5 Å². The van der Waals surface area contributed by atoms with Gasteiger partial charge in [0.25, 0.3) is 0 Å². The molecular weight excluding hydrogens is 244 g/mol. The molecule has 0 aliphatic carbocycles. The number of carboxylic acids is 1. The molecule has 0 bridgehead atoms. The van der Waals surface area contributed by atoms with Crippen LogP contribution in [0.25, 0.3) is 0 Å². The van der Waals surface area contributed by atoms with E-state index in [0.29, 0.717) is 5.82 Å². The van der Waals surface area contributed by atoms with E-state index >= 15 is 0 Å². The van der Waals surface area contributed by atoms with Crippen LogP contribution >= 0.6 is 0 Å². The smallest absolute Gasteiger partial charge is 0.337 e. The normalized spacial score (nSPS) is 11.8. The van der Waals surface area contributed by atoms with Crippen molar-refractivity contribution in [2.75, 3.05) is 11.1 Å². The van der Waals surface area contributed by atoms with Crippen LogP contribution in [0.4, 0.5) is 11.5 Å². The van der Waals surface area contributed by atoms with Crippen LogP contribution in [-0.2, 0) is 0 Å². The maximum Gasteiger partial charge on any atom is 0.337 e. The van der Waals surface area contributed by atoms with Crippen LogP contribution in [0.2, 0.25) is 0 Å². The average molecular weight is 258 g/mol. The van der Waals surface area contributed by atoms with E-state index in [-0.39, 0.29) is 17.3 Å². The van der Waals surface area contributed by atoms with Gasteiger partial charge < -0.3 is 16.2 Å². The molecule has 19 heavy (non-hydrogen) atoms. The van der Waals surface area contributed by atoms with Crippen molar-refractivity contribution in [3.8, 4) is 0 Å². The molecule has 1 unspecified atom stereocenters. The van der Waals surface area contributed by atoms with Gasteiger partial charge in [-0.05, 0) is 24.6 Å². The molecule has 0 saturated carbocycles. The number of aromatic carboxylic acids is 1. The predicted molar refractivity (Wildman–Crippen MR) is 71.9 cm³/mol. The first-order valence-corrected chi connectivity index (χ1v) is 5.73. The second kappa shape index (κ2) is 5.34. The maximum atomic E-state index is 11.0. The van der Waals surface area contributed by atoms with Gasteiger partial charge in [0.1, 0.15) is 5.82 Å². The van der Waals surface area contributed by atoms with Crippen molar-refractivity contribution in [2.45, 2.75) is 13.0 Å². The monoisotopic (exact) mass is 258 g/mol. The van der Waals surface area contributed by atoms with Gasteiger partial charge in [0, 0.05) is 12.4 Å². The zero-order valence-electron chi connectivity index (χ0n) is 10.4. The number of carboxylic acid groups (broad SMARTS) is 1. The molecule has 6 nitrogen and oxygen atoms in total. The lowest BCUT2D eigenvalue weighted by atomic mass is 10.1. The fourth-order valence-corrected chi connectivity index (χ4v) is 1.67. The lowest BCUT2D eigenvalue weighted by Gasteiger charge is -2.15. The van der Waals surface area contributed by atoms with Gasteiger partial charge in [-0.2, -0.15) is 0 Å². The molecule has 0 aromatic carbocycles. The van der Waals surface area contributed by atoms with Crippen LogP contribution in [0.15, 0.2) is 36.8 Å². The maximum absolute atomic E-state index is 11.0. The van der Waals surface area contributed by atoms with Crippen LogP contribution in [-0.4, -0.2) is 21.0 Å². The van der Waals surface area contributed by atoms with Gasteiger partial charge in [-0.15, -0.1) is 0 Å². The first-order chi connectivity index (χ1) is 9.08. The molecule has 1 atom stereocenters. The molecule has 2 heterocycles. The number of nitrogen functional groups attached to an aromatic ring is 1. The van der Waals surface area contributed by atoms with Crippen LogP contribution in [0.1, 0.15) is 28.9 Å². The summed E-state index contributed by atoms with van der Waals surface area (Å²) in [6.07, 6.45) is 4.77. The molecule has 0 aliphatic rings. The zero-order valence-corrected chi connectivity index (χ0v) is 10.4. The summed E-state index contributed by atoms with van der Waals surface area (Å²) < 4.78 is 0. The van der Waals surface area contributed by atoms with Crippen LogP contribution in [0.3, 0.4) is 0 Å². The SMILES string of the molecule is CC(Nc1cc(C(=O)O)c(N)cn1)c1cccnc1. The average Bonchev–Trinajstić information content (AvgIpc) is 2.41. The number of rotatable bonds is 4. The number of carbonyl (C=O) groups is 1. The zero-order chi connectivity index (χ0) is 13.8. The third-order valence-corrected chi connectivity index (χ3v) is 2.71. The number of aromatic nitrogens is 2. The Balaban J connectivity index is 2.20. The van der Waals surface area contributed by atoms with Crippen molar-refractivity contribution in [2.24, 2.45) is 0 Å². The van der Waals surface area contributed by atoms with Gasteiger partial charge in [-0.3, -0.25) is 4.98 Å². The Bertz CT molecular complexity index is 586. The van der Waals surface area contributed by atoms with Crippen molar-refractivity contribution in [3.05, 3.63) is 47.9 Å². The summed E-state index contributed by atoms with van der Waals surface area (Å²) in [7, 11) is 0. The lowest BCUT2D eigenvalue weighted by molar-refractivity contribution is 0.0698. The molecule has 6 heteroatoms. The second-order valence-corrected chi connectivity index (χ2v) is 4.11. The summed E-state index contributed by atoms with van der Waals surface area (Å²) in [6, 6.07) is 5.16. The van der Waals surface area contributed by atoms with Crippen LogP contribution < -0.4 is 11.1 Å². The number of hydrogen-bond acceptors (Lipinski definition) is 5. The molecular formula is C13H14N4O2. The minimum absolute atomic E-state index is 0.0357. The molecule has 0 aliphatic heterocycles. The number of hydrogen-bond donors (Lipinski definition) is 3.